The van der Waals surface area contributed by atoms with Gasteiger partial charge in [-0.1, -0.05) is 99.7 Å². The molecule has 0 amide bonds. The maximum Gasteiger partial charge on any atom is 0.332 e. The van der Waals surface area contributed by atoms with Crippen molar-refractivity contribution in [2.24, 2.45) is 11.8 Å². The van der Waals surface area contributed by atoms with E-state index in [2.05, 4.69) is 32.9 Å². The molecule has 0 aliphatic rings. The second kappa shape index (κ2) is 15.2. The Morgan fingerprint density at radius 2 is 1.48 bits per heavy atom. The van der Waals surface area contributed by atoms with E-state index in [0.29, 0.717) is 19.1 Å². The predicted molar refractivity (Wildman–Crippen MR) is 134 cm³/mol. The molecule has 2 aromatic carbocycles. The molecule has 178 valence electrons. The second-order valence-electron chi connectivity index (χ2n) is 8.64. The van der Waals surface area contributed by atoms with Gasteiger partial charge in [-0.15, -0.1) is 0 Å². The van der Waals surface area contributed by atoms with E-state index in [0.717, 1.165) is 17.5 Å². The first-order chi connectivity index (χ1) is 16.0. The number of allylic oxidation sites excluding steroid dienone is 2. The van der Waals surface area contributed by atoms with Gasteiger partial charge >= 0.3 is 5.97 Å². The topological polar surface area (TPSA) is 44.8 Å². The molecule has 4 heteroatoms. The molecule has 0 saturated carbocycles. The molecule has 0 N–H and O–H groups in total. The number of carbonyl (C=O) groups excluding carboxylic acids is 1. The van der Waals surface area contributed by atoms with E-state index >= 15 is 0 Å². The van der Waals surface area contributed by atoms with Gasteiger partial charge in [-0.25, -0.2) is 4.79 Å². The van der Waals surface area contributed by atoms with Crippen LogP contribution in [0, 0.1) is 11.8 Å². The molecule has 0 radical (unpaired) electrons. The zero-order chi connectivity index (χ0) is 23.9. The summed E-state index contributed by atoms with van der Waals surface area (Å²) in [4.78, 5) is 12.6. The smallest absolute Gasteiger partial charge is 0.332 e. The Balaban J connectivity index is 2.03. The lowest BCUT2D eigenvalue weighted by Gasteiger charge is -2.29. The van der Waals surface area contributed by atoms with Crippen molar-refractivity contribution in [2.75, 3.05) is 6.61 Å². The molecule has 0 aliphatic carbocycles. The summed E-state index contributed by atoms with van der Waals surface area (Å²) < 4.78 is 17.7. The Bertz CT molecular complexity index is 842. The first-order valence-electron chi connectivity index (χ1n) is 11.8. The number of esters is 1. The van der Waals surface area contributed by atoms with Gasteiger partial charge < -0.3 is 14.2 Å². The monoisotopic (exact) mass is 450 g/mol. The number of carbonyl (C=O) groups is 1. The van der Waals surface area contributed by atoms with Crippen LogP contribution in [0.1, 0.15) is 45.2 Å². The summed E-state index contributed by atoms with van der Waals surface area (Å²) in [7, 11) is 0. The lowest BCUT2D eigenvalue weighted by Crippen LogP contribution is -2.37. The van der Waals surface area contributed by atoms with Gasteiger partial charge in [-0.05, 0) is 36.5 Å². The lowest BCUT2D eigenvalue weighted by atomic mass is 9.97. The van der Waals surface area contributed by atoms with Crippen molar-refractivity contribution in [1.29, 1.82) is 0 Å². The Labute approximate surface area is 199 Å². The Morgan fingerprint density at radius 1 is 0.879 bits per heavy atom. The van der Waals surface area contributed by atoms with Crippen molar-refractivity contribution >= 4 is 5.97 Å². The third-order valence-corrected chi connectivity index (χ3v) is 5.16. The van der Waals surface area contributed by atoms with Crippen LogP contribution in [0.4, 0.5) is 0 Å². The van der Waals surface area contributed by atoms with Gasteiger partial charge in [-0.2, -0.15) is 0 Å². The number of benzene rings is 2. The average molecular weight is 451 g/mol. The predicted octanol–water partition coefficient (Wildman–Crippen LogP) is 6.51. The highest BCUT2D eigenvalue weighted by atomic mass is 16.6. The van der Waals surface area contributed by atoms with Crippen LogP contribution in [0.15, 0.2) is 85.0 Å². The highest BCUT2D eigenvalue weighted by molar-refractivity contribution is 5.71. The Hall–Kier alpha value is -2.69. The third kappa shape index (κ3) is 10.6. The fraction of sp³-hybridized carbons (Fsp3) is 0.414. The molecule has 0 spiro atoms. The molecule has 3 unspecified atom stereocenters. The first kappa shape index (κ1) is 26.6. The second-order valence-corrected chi connectivity index (χ2v) is 8.64. The summed E-state index contributed by atoms with van der Waals surface area (Å²) in [5.41, 5.74) is 2.10. The van der Waals surface area contributed by atoms with Crippen LogP contribution >= 0.6 is 0 Å². The fourth-order valence-electron chi connectivity index (χ4n) is 3.41. The minimum absolute atomic E-state index is 0.0618. The third-order valence-electron chi connectivity index (χ3n) is 5.16. The van der Waals surface area contributed by atoms with Gasteiger partial charge in [0.25, 0.3) is 0 Å². The van der Waals surface area contributed by atoms with Crippen molar-refractivity contribution in [3.05, 3.63) is 96.1 Å². The summed E-state index contributed by atoms with van der Waals surface area (Å²) in [6.45, 7) is 9.11. The SMILES string of the molecule is C/C=C/C(OC(=O)COCc1ccccc1)C(OCc1ccccc1)C(C)/C=C/CC(C)C. The Kier molecular flexibility index (Phi) is 12.2. The molecule has 33 heavy (non-hydrogen) atoms. The molecule has 0 saturated heterocycles. The summed E-state index contributed by atoms with van der Waals surface area (Å²) in [6, 6.07) is 19.8. The molecule has 0 aromatic heterocycles. The zero-order valence-electron chi connectivity index (χ0n) is 20.4. The van der Waals surface area contributed by atoms with Crippen molar-refractivity contribution in [3.8, 4) is 0 Å². The highest BCUT2D eigenvalue weighted by Crippen LogP contribution is 2.21. The van der Waals surface area contributed by atoms with Gasteiger partial charge in [-0.3, -0.25) is 0 Å². The summed E-state index contributed by atoms with van der Waals surface area (Å²) in [5.74, 6) is 0.246. The fourth-order valence-corrected chi connectivity index (χ4v) is 3.41. The summed E-state index contributed by atoms with van der Waals surface area (Å²) in [5, 5.41) is 0. The Morgan fingerprint density at radius 3 is 2.06 bits per heavy atom. The van der Waals surface area contributed by atoms with Gasteiger partial charge in [0, 0.05) is 5.92 Å². The molecule has 0 aliphatic heterocycles. The van der Waals surface area contributed by atoms with Crippen molar-refractivity contribution in [2.45, 2.75) is 59.5 Å². The van der Waals surface area contributed by atoms with Crippen LogP contribution < -0.4 is 0 Å². The molecule has 0 bridgehead atoms. The van der Waals surface area contributed by atoms with Crippen molar-refractivity contribution < 1.29 is 19.0 Å². The molecular weight excluding hydrogens is 412 g/mol. The van der Waals surface area contributed by atoms with Crippen LogP contribution in [-0.2, 0) is 32.2 Å². The van der Waals surface area contributed by atoms with E-state index < -0.39 is 12.1 Å². The maximum absolute atomic E-state index is 12.6. The van der Waals surface area contributed by atoms with Crippen LogP contribution in [0.25, 0.3) is 0 Å². The van der Waals surface area contributed by atoms with Crippen molar-refractivity contribution in [1.82, 2.24) is 0 Å². The molecular formula is C29H38O4. The first-order valence-corrected chi connectivity index (χ1v) is 11.8. The zero-order valence-corrected chi connectivity index (χ0v) is 20.4. The number of ether oxygens (including phenoxy) is 3. The quantitative estimate of drug-likeness (QED) is 0.243. The molecule has 4 nitrogen and oxygen atoms in total. The summed E-state index contributed by atoms with van der Waals surface area (Å²) in [6.07, 6.45) is 8.30. The number of rotatable bonds is 14. The summed E-state index contributed by atoms with van der Waals surface area (Å²) >= 11 is 0. The van der Waals surface area contributed by atoms with Gasteiger partial charge in [0.15, 0.2) is 0 Å². The number of hydrogen-bond donors (Lipinski definition) is 0. The number of hydrogen-bond acceptors (Lipinski definition) is 4. The van der Waals surface area contributed by atoms with E-state index in [-0.39, 0.29) is 18.6 Å². The van der Waals surface area contributed by atoms with E-state index in [1.807, 2.05) is 79.7 Å². The van der Waals surface area contributed by atoms with E-state index in [1.54, 1.807) is 0 Å². The van der Waals surface area contributed by atoms with E-state index in [1.165, 1.54) is 0 Å². The van der Waals surface area contributed by atoms with E-state index in [9.17, 15) is 4.79 Å². The van der Waals surface area contributed by atoms with Gasteiger partial charge in [0.1, 0.15) is 18.8 Å². The lowest BCUT2D eigenvalue weighted by molar-refractivity contribution is -0.161. The molecule has 2 aromatic rings. The minimum Gasteiger partial charge on any atom is -0.454 e. The van der Waals surface area contributed by atoms with Crippen molar-refractivity contribution in [3.63, 3.8) is 0 Å². The van der Waals surface area contributed by atoms with Gasteiger partial charge in [0.2, 0.25) is 0 Å². The largest absolute Gasteiger partial charge is 0.454 e. The van der Waals surface area contributed by atoms with E-state index in [4.69, 9.17) is 14.2 Å². The normalized spacial score (nSPS) is 14.6. The van der Waals surface area contributed by atoms with Crippen LogP contribution in [-0.4, -0.2) is 24.8 Å². The van der Waals surface area contributed by atoms with Gasteiger partial charge in [0.05, 0.1) is 13.2 Å². The van der Waals surface area contributed by atoms with Crippen LogP contribution in [0.3, 0.4) is 0 Å². The highest BCUT2D eigenvalue weighted by Gasteiger charge is 2.28. The molecule has 0 heterocycles. The standard InChI is InChI=1S/C29H38O4/c1-5-13-27(33-28(30)22-31-20-25-16-8-6-9-17-25)29(24(4)15-12-14-23(2)3)32-21-26-18-10-7-11-19-26/h5-13,15-19,23-24,27,29H,14,20-22H2,1-4H3/b13-5+,15-12+. The molecule has 3 atom stereocenters. The molecule has 2 rings (SSSR count). The average Bonchev–Trinajstić information content (AvgIpc) is 2.80. The van der Waals surface area contributed by atoms with Crippen LogP contribution in [0.2, 0.25) is 0 Å². The minimum atomic E-state index is -0.509. The molecule has 0 fully saturated rings. The van der Waals surface area contributed by atoms with Crippen LogP contribution in [0.5, 0.6) is 0 Å². The maximum atomic E-state index is 12.6.